The fraction of sp³-hybridized carbons (Fsp3) is 0.250. The Balaban J connectivity index is 3.36. The molecule has 0 radical (unpaired) electrons. The van der Waals surface area contributed by atoms with Crippen LogP contribution in [0.15, 0.2) is 5.57 Å². The Bertz CT molecular complexity index is 534. The zero-order valence-electron chi connectivity index (χ0n) is 9.38. The minimum atomic E-state index is -0.0265. The second kappa shape index (κ2) is 4.46. The van der Waals surface area contributed by atoms with Crippen molar-refractivity contribution in [3.8, 4) is 12.1 Å². The van der Waals surface area contributed by atoms with Gasteiger partial charge in [-0.15, -0.1) is 0 Å². The Morgan fingerprint density at radius 3 is 2.25 bits per heavy atom. The number of ketones is 1. The zero-order valence-corrected chi connectivity index (χ0v) is 9.38. The van der Waals surface area contributed by atoms with Gasteiger partial charge >= 0.3 is 0 Å². The van der Waals surface area contributed by atoms with Crippen LogP contribution >= 0.6 is 0 Å². The summed E-state index contributed by atoms with van der Waals surface area (Å²) in [6.45, 7) is 5.07. The Kier molecular flexibility index (Phi) is 3.27. The van der Waals surface area contributed by atoms with Gasteiger partial charge in [-0.05, 0) is 32.4 Å². The lowest BCUT2D eigenvalue weighted by molar-refractivity contribution is 0.101. The predicted octanol–water partition coefficient (Wildman–Crippen LogP) is 2.26. The van der Waals surface area contributed by atoms with Crippen LogP contribution in [0.1, 0.15) is 34.2 Å². The van der Waals surface area contributed by atoms with Crippen LogP contribution < -0.4 is 0 Å². The van der Waals surface area contributed by atoms with Crippen molar-refractivity contribution in [3.63, 3.8) is 0 Å². The number of aromatic amines is 1. The number of aromatic nitrogens is 1. The van der Waals surface area contributed by atoms with E-state index in [-0.39, 0.29) is 11.4 Å². The van der Waals surface area contributed by atoms with E-state index >= 15 is 0 Å². The van der Waals surface area contributed by atoms with Gasteiger partial charge in [0.15, 0.2) is 5.78 Å². The average molecular weight is 213 g/mol. The number of H-pyrrole nitrogens is 1. The highest BCUT2D eigenvalue weighted by Crippen LogP contribution is 2.20. The van der Waals surface area contributed by atoms with Crippen LogP contribution in [-0.4, -0.2) is 10.8 Å². The first-order valence-electron chi connectivity index (χ1n) is 4.73. The molecule has 0 saturated carbocycles. The van der Waals surface area contributed by atoms with E-state index in [9.17, 15) is 4.79 Å². The molecule has 0 bridgehead atoms. The molecule has 4 nitrogen and oxygen atoms in total. The normalized spacial score (nSPS) is 9.06. The minimum absolute atomic E-state index is 0.0134. The van der Waals surface area contributed by atoms with E-state index in [1.807, 2.05) is 0 Å². The van der Waals surface area contributed by atoms with Gasteiger partial charge in [0.25, 0.3) is 0 Å². The molecule has 0 aliphatic carbocycles. The summed E-state index contributed by atoms with van der Waals surface area (Å²) in [7, 11) is 0. The molecule has 0 atom stereocenters. The monoisotopic (exact) mass is 213 g/mol. The maximum Gasteiger partial charge on any atom is 0.161 e. The first kappa shape index (κ1) is 11.7. The Morgan fingerprint density at radius 2 is 1.88 bits per heavy atom. The second-order valence-electron chi connectivity index (χ2n) is 3.50. The van der Waals surface area contributed by atoms with Crippen molar-refractivity contribution in [1.29, 1.82) is 10.5 Å². The van der Waals surface area contributed by atoms with Gasteiger partial charge in [0.1, 0.15) is 17.7 Å². The third kappa shape index (κ3) is 2.02. The Labute approximate surface area is 93.8 Å². The van der Waals surface area contributed by atoms with Crippen LogP contribution in [0.4, 0.5) is 0 Å². The van der Waals surface area contributed by atoms with Gasteiger partial charge in [0.05, 0.1) is 0 Å². The Morgan fingerprint density at radius 1 is 1.31 bits per heavy atom. The van der Waals surface area contributed by atoms with Gasteiger partial charge in [-0.25, -0.2) is 0 Å². The number of nitrogens with one attached hydrogen (secondary N) is 1. The van der Waals surface area contributed by atoms with E-state index in [2.05, 4.69) is 4.98 Å². The molecule has 0 amide bonds. The molecule has 0 saturated heterocycles. The summed E-state index contributed by atoms with van der Waals surface area (Å²) < 4.78 is 0. The molecule has 4 heteroatoms. The summed E-state index contributed by atoms with van der Waals surface area (Å²) in [5.74, 6) is -0.0265. The number of allylic oxidation sites excluding steroid dienone is 1. The first-order chi connectivity index (χ1) is 7.51. The lowest BCUT2D eigenvalue weighted by Gasteiger charge is -1.94. The van der Waals surface area contributed by atoms with E-state index in [1.165, 1.54) is 13.0 Å². The van der Waals surface area contributed by atoms with E-state index in [0.29, 0.717) is 11.3 Å². The number of carbonyl (C=O) groups is 1. The number of hydrogen-bond donors (Lipinski definition) is 1. The molecule has 0 aromatic carbocycles. The number of rotatable bonds is 2. The summed E-state index contributed by atoms with van der Waals surface area (Å²) in [5.41, 5.74) is 2.81. The summed E-state index contributed by atoms with van der Waals surface area (Å²) in [4.78, 5) is 14.3. The fourth-order valence-electron chi connectivity index (χ4n) is 1.68. The van der Waals surface area contributed by atoms with Crippen molar-refractivity contribution in [2.75, 3.05) is 0 Å². The van der Waals surface area contributed by atoms with Gasteiger partial charge in [-0.2, -0.15) is 10.5 Å². The van der Waals surface area contributed by atoms with Gasteiger partial charge in [0.2, 0.25) is 0 Å². The molecule has 0 unspecified atom stereocenters. The number of nitrogens with zero attached hydrogens (tertiary/aromatic N) is 2. The minimum Gasteiger partial charge on any atom is -0.358 e. The van der Waals surface area contributed by atoms with Crippen LogP contribution in [0.2, 0.25) is 0 Å². The predicted molar refractivity (Wildman–Crippen MR) is 59.5 cm³/mol. The SMILES string of the molecule is CC(=O)c1c(C)[nH]c(C=C(C#N)C#N)c1C. The maximum absolute atomic E-state index is 11.4. The highest BCUT2D eigenvalue weighted by Gasteiger charge is 2.13. The van der Waals surface area contributed by atoms with Crippen LogP contribution in [0.25, 0.3) is 6.08 Å². The summed E-state index contributed by atoms with van der Waals surface area (Å²) >= 11 is 0. The number of aryl methyl sites for hydroxylation is 1. The number of Topliss-reactive ketones (excluding diaryl/α,β-unsaturated/α-hetero) is 1. The molecular weight excluding hydrogens is 202 g/mol. The van der Waals surface area contributed by atoms with E-state index in [1.54, 1.807) is 26.0 Å². The van der Waals surface area contributed by atoms with Crippen molar-refractivity contribution in [1.82, 2.24) is 4.98 Å². The number of nitriles is 2. The van der Waals surface area contributed by atoms with Crippen LogP contribution in [-0.2, 0) is 0 Å². The summed E-state index contributed by atoms with van der Waals surface area (Å²) in [6.07, 6.45) is 1.45. The first-order valence-corrected chi connectivity index (χ1v) is 4.73. The largest absolute Gasteiger partial charge is 0.358 e. The lowest BCUT2D eigenvalue weighted by atomic mass is 10.1. The van der Waals surface area contributed by atoms with E-state index in [0.717, 1.165) is 11.3 Å². The Hall–Kier alpha value is -2.33. The van der Waals surface area contributed by atoms with Crippen LogP contribution in [0, 0.1) is 36.5 Å². The summed E-state index contributed by atoms with van der Waals surface area (Å²) in [6, 6.07) is 3.56. The standard InChI is InChI=1S/C12H11N3O/c1-7-11(4-10(5-13)6-14)15-8(2)12(7)9(3)16/h4,15H,1-3H3. The topological polar surface area (TPSA) is 80.4 Å². The van der Waals surface area contributed by atoms with Crippen molar-refractivity contribution < 1.29 is 4.79 Å². The lowest BCUT2D eigenvalue weighted by Crippen LogP contribution is -1.94. The maximum atomic E-state index is 11.4. The van der Waals surface area contributed by atoms with Crippen molar-refractivity contribution in [2.45, 2.75) is 20.8 Å². The molecule has 1 rings (SSSR count). The molecule has 0 spiro atoms. The molecule has 16 heavy (non-hydrogen) atoms. The van der Waals surface area contributed by atoms with Crippen LogP contribution in [0.5, 0.6) is 0 Å². The molecule has 1 aromatic rings. The second-order valence-corrected chi connectivity index (χ2v) is 3.50. The molecule has 1 N–H and O–H groups in total. The smallest absolute Gasteiger partial charge is 0.161 e. The fourth-order valence-corrected chi connectivity index (χ4v) is 1.68. The molecule has 0 aliphatic rings. The van der Waals surface area contributed by atoms with E-state index in [4.69, 9.17) is 10.5 Å². The number of carbonyl (C=O) groups excluding carboxylic acids is 1. The molecule has 0 fully saturated rings. The molecule has 1 heterocycles. The quantitative estimate of drug-likeness (QED) is 0.604. The number of hydrogen-bond acceptors (Lipinski definition) is 3. The van der Waals surface area contributed by atoms with Gasteiger partial charge in [-0.3, -0.25) is 4.79 Å². The zero-order chi connectivity index (χ0) is 12.3. The van der Waals surface area contributed by atoms with E-state index < -0.39 is 0 Å². The molecule has 80 valence electrons. The average Bonchev–Trinajstić information content (AvgIpc) is 2.50. The third-order valence-corrected chi connectivity index (χ3v) is 2.36. The van der Waals surface area contributed by atoms with Gasteiger partial charge in [-0.1, -0.05) is 0 Å². The van der Waals surface area contributed by atoms with Crippen molar-refractivity contribution in [3.05, 3.63) is 28.1 Å². The van der Waals surface area contributed by atoms with Crippen LogP contribution in [0.3, 0.4) is 0 Å². The summed E-state index contributed by atoms with van der Waals surface area (Å²) in [5, 5.41) is 17.3. The van der Waals surface area contributed by atoms with Gasteiger partial charge < -0.3 is 4.98 Å². The highest BCUT2D eigenvalue weighted by atomic mass is 16.1. The molecular formula is C12H11N3O. The third-order valence-electron chi connectivity index (χ3n) is 2.36. The highest BCUT2D eigenvalue weighted by molar-refractivity contribution is 5.97. The van der Waals surface area contributed by atoms with Crippen molar-refractivity contribution >= 4 is 11.9 Å². The van der Waals surface area contributed by atoms with Crippen molar-refractivity contribution in [2.24, 2.45) is 0 Å². The molecule has 1 aromatic heterocycles. The van der Waals surface area contributed by atoms with Gasteiger partial charge in [0, 0.05) is 17.0 Å². The molecule has 0 aliphatic heterocycles.